The van der Waals surface area contributed by atoms with Crippen LogP contribution in [0.3, 0.4) is 0 Å². The predicted molar refractivity (Wildman–Crippen MR) is 340 cm³/mol. The zero-order valence-electron chi connectivity index (χ0n) is 52.7. The monoisotopic (exact) mass is 1040 g/mol. The molecule has 1 aliphatic heterocycles. The Balaban J connectivity index is 1.59. The molecule has 2 fully saturated rings. The van der Waals surface area contributed by atoms with Crippen LogP contribution in [0.2, 0.25) is 0 Å². The molecule has 416 valence electrons. The van der Waals surface area contributed by atoms with Gasteiger partial charge in [-0.25, -0.2) is 0 Å². The van der Waals surface area contributed by atoms with Gasteiger partial charge in [0.05, 0.1) is 0 Å². The van der Waals surface area contributed by atoms with E-state index in [1.54, 1.807) is 0 Å². The molecule has 1 aromatic heterocycles. The van der Waals surface area contributed by atoms with Crippen molar-refractivity contribution in [2.24, 2.45) is 44.8 Å². The molecule has 0 bridgehead atoms. The van der Waals surface area contributed by atoms with Gasteiger partial charge in [0.2, 0.25) is 6.71 Å². The summed E-state index contributed by atoms with van der Waals surface area (Å²) in [4.78, 5) is 2.49. The minimum absolute atomic E-state index is 0.00916. The molecule has 0 radical (unpaired) electrons. The fraction of sp³-hybridized carbons (Fsp3) is 0.562. The fourth-order valence-electron chi connectivity index (χ4n) is 13.2. The van der Waals surface area contributed by atoms with Crippen LogP contribution in [0.5, 0.6) is 0 Å². The molecule has 0 spiro atoms. The van der Waals surface area contributed by atoms with Crippen molar-refractivity contribution >= 4 is 34.5 Å². The average molecular weight is 1040 g/mol. The summed E-state index contributed by atoms with van der Waals surface area (Å²) in [5.74, 6) is 2.76. The van der Waals surface area contributed by atoms with Crippen molar-refractivity contribution in [3.8, 4) is 0 Å². The molecule has 3 aromatic rings. The van der Waals surface area contributed by atoms with Gasteiger partial charge >= 0.3 is 0 Å². The second kappa shape index (κ2) is 22.1. The Kier molecular flexibility index (Phi) is 17.2. The van der Waals surface area contributed by atoms with Crippen molar-refractivity contribution in [3.63, 3.8) is 0 Å². The molecule has 2 heterocycles. The number of hydrogen-bond acceptors (Lipinski definition) is 3. The number of hydrogen-bond donors (Lipinski definition) is 1. The molecule has 0 saturated heterocycles. The van der Waals surface area contributed by atoms with Gasteiger partial charge in [0.25, 0.3) is 0 Å². The average Bonchev–Trinajstić information content (AvgIpc) is 3.74. The summed E-state index contributed by atoms with van der Waals surface area (Å²) in [6.07, 6.45) is 30.3. The highest BCUT2D eigenvalue weighted by atomic mass is 16.4. The van der Waals surface area contributed by atoms with Gasteiger partial charge in [-0.15, -0.1) is 6.58 Å². The molecule has 77 heavy (non-hydrogen) atoms. The van der Waals surface area contributed by atoms with E-state index >= 15 is 0 Å². The predicted octanol–water partition coefficient (Wildman–Crippen LogP) is 19.6. The number of nitrogens with zero attached hydrogens (tertiary/aromatic N) is 1. The molecule has 4 heteroatoms. The van der Waals surface area contributed by atoms with Crippen molar-refractivity contribution in [3.05, 3.63) is 160 Å². The SMILES string of the molecule is C=CC1C(/C=C/N2C/C(=C(\C=C(/C)C(C)(C)C)N/C=C(/C=C3\C(=C)C(C)(C)CCC3(C)C)C(\C)=C\C=C/C)B(c3ccc(C(C)CCC(C)C)cc3)c3c2oc2cc4c(cc32)C(C)(C)CCC4(C)C)C(C)(C)CCC1(C)C. The first kappa shape index (κ1) is 60.0. The number of furan rings is 1. The van der Waals surface area contributed by atoms with E-state index in [9.17, 15) is 0 Å². The van der Waals surface area contributed by atoms with E-state index in [-0.39, 0.29) is 44.6 Å². The summed E-state index contributed by atoms with van der Waals surface area (Å²) in [5, 5.41) is 5.40. The van der Waals surface area contributed by atoms with Crippen LogP contribution in [0.4, 0.5) is 5.88 Å². The van der Waals surface area contributed by atoms with Crippen molar-refractivity contribution in [1.29, 1.82) is 0 Å². The number of anilines is 1. The Bertz CT molecular complexity index is 2910. The first-order chi connectivity index (χ1) is 35.7. The standard InChI is InChI=1S/C73H105BN2O/c1-24-26-27-49(5)54(43-59-52(8)68(12,13)35-36-71(59,18)19)46-75-63(42-51(7)67(9,10)11)62-47-76(41-34-58-57(25-2)69(14,15)37-38-70(58,16)17)66-65(74(62)55-32-30-53(31-33-55)50(6)29-28-48(3)4)56-44-60-61(45-64(56)77-66)73(22,23)40-39-72(60,20)21/h24-27,30-34,41-46,48,50,57-58,75H,2,8,28-29,35-40,47H2,1,3-7,9-23H3/b26-24-,41-34+,49-27+,51-42+,54-46-,59-43+,63-62-. The van der Waals surface area contributed by atoms with Gasteiger partial charge in [-0.1, -0.05) is 203 Å². The number of allylic oxidation sites excluding steroid dienone is 12. The number of benzene rings is 2. The van der Waals surface area contributed by atoms with E-state index in [2.05, 4.69) is 254 Å². The molecule has 0 amide bonds. The van der Waals surface area contributed by atoms with E-state index in [1.165, 1.54) is 86.5 Å². The smallest absolute Gasteiger partial charge is 0.249 e. The van der Waals surface area contributed by atoms with Gasteiger partial charge in [-0.3, -0.25) is 0 Å². The summed E-state index contributed by atoms with van der Waals surface area (Å²) in [6, 6.07) is 14.8. The van der Waals surface area contributed by atoms with Crippen molar-refractivity contribution in [2.75, 3.05) is 11.4 Å². The Morgan fingerprint density at radius 3 is 1.96 bits per heavy atom. The van der Waals surface area contributed by atoms with Gasteiger partial charge in [0.1, 0.15) is 5.58 Å². The second-order valence-electron chi connectivity index (χ2n) is 30.1. The van der Waals surface area contributed by atoms with Crippen LogP contribution >= 0.6 is 0 Å². The van der Waals surface area contributed by atoms with Gasteiger partial charge in [0, 0.05) is 35.5 Å². The zero-order chi connectivity index (χ0) is 57.0. The second-order valence-corrected chi connectivity index (χ2v) is 30.1. The molecule has 3 unspecified atom stereocenters. The van der Waals surface area contributed by atoms with Gasteiger partial charge in [-0.05, 0) is 196 Å². The Morgan fingerprint density at radius 1 is 0.792 bits per heavy atom. The molecule has 3 aliphatic carbocycles. The summed E-state index contributed by atoms with van der Waals surface area (Å²) in [7, 11) is 0. The molecule has 3 atom stereocenters. The molecule has 2 saturated carbocycles. The third-order valence-corrected chi connectivity index (χ3v) is 20.1. The van der Waals surface area contributed by atoms with Crippen LogP contribution in [0.25, 0.3) is 11.0 Å². The van der Waals surface area contributed by atoms with E-state index in [0.29, 0.717) is 30.2 Å². The first-order valence-electron chi connectivity index (χ1n) is 30.0. The highest BCUT2D eigenvalue weighted by Gasteiger charge is 2.47. The molecule has 4 aliphatic rings. The first-order valence-corrected chi connectivity index (χ1v) is 30.0. The normalized spacial score (nSPS) is 24.9. The van der Waals surface area contributed by atoms with Crippen LogP contribution in [0.1, 0.15) is 219 Å². The Morgan fingerprint density at radius 2 is 1.38 bits per heavy atom. The molecule has 1 N–H and O–H groups in total. The maximum Gasteiger partial charge on any atom is 0.249 e. The summed E-state index contributed by atoms with van der Waals surface area (Å²) in [6.45, 7) is 59.8. The number of rotatable bonds is 14. The highest BCUT2D eigenvalue weighted by Crippen LogP contribution is 2.55. The minimum Gasteiger partial charge on any atom is -0.441 e. The molecular formula is C73H105BN2O. The van der Waals surface area contributed by atoms with Gasteiger partial charge < -0.3 is 14.6 Å². The summed E-state index contributed by atoms with van der Waals surface area (Å²) >= 11 is 0. The third kappa shape index (κ3) is 12.5. The van der Waals surface area contributed by atoms with Crippen molar-refractivity contribution in [2.45, 2.75) is 214 Å². The highest BCUT2D eigenvalue weighted by molar-refractivity contribution is 6.94. The molecule has 7 rings (SSSR count). The quantitative estimate of drug-likeness (QED) is 0.0991. The maximum atomic E-state index is 7.50. The topological polar surface area (TPSA) is 28.4 Å². The van der Waals surface area contributed by atoms with Gasteiger partial charge in [-0.2, -0.15) is 0 Å². The Hall–Kier alpha value is -4.70. The van der Waals surface area contributed by atoms with Crippen LogP contribution in [-0.4, -0.2) is 13.3 Å². The number of nitrogens with one attached hydrogen (secondary N) is 1. The molecule has 3 nitrogen and oxygen atoms in total. The largest absolute Gasteiger partial charge is 0.441 e. The van der Waals surface area contributed by atoms with Crippen LogP contribution < -0.4 is 21.1 Å². The van der Waals surface area contributed by atoms with E-state index < -0.39 is 0 Å². The van der Waals surface area contributed by atoms with E-state index in [4.69, 9.17) is 11.0 Å². The lowest BCUT2D eigenvalue weighted by Gasteiger charge is -2.50. The van der Waals surface area contributed by atoms with Crippen molar-refractivity contribution < 1.29 is 4.42 Å². The summed E-state index contributed by atoms with van der Waals surface area (Å²) in [5.41, 5.74) is 16.8. The lowest BCUT2D eigenvalue weighted by molar-refractivity contribution is 0.0346. The number of fused-ring (bicyclic) bond motifs is 4. The summed E-state index contributed by atoms with van der Waals surface area (Å²) < 4.78 is 7.50. The fourth-order valence-corrected chi connectivity index (χ4v) is 13.2. The maximum absolute atomic E-state index is 7.50. The lowest BCUT2D eigenvalue weighted by Crippen LogP contribution is -2.53. The zero-order valence-corrected chi connectivity index (χ0v) is 52.7. The van der Waals surface area contributed by atoms with Gasteiger partial charge in [0.15, 0.2) is 5.88 Å². The minimum atomic E-state index is -0.0982. The van der Waals surface area contributed by atoms with Crippen molar-refractivity contribution in [1.82, 2.24) is 5.32 Å². The third-order valence-electron chi connectivity index (χ3n) is 20.1. The lowest BCUT2D eigenvalue weighted by atomic mass is 9.34. The Labute approximate surface area is 471 Å². The molecule has 2 aromatic carbocycles. The van der Waals surface area contributed by atoms with E-state index in [0.717, 1.165) is 48.4 Å². The van der Waals surface area contributed by atoms with E-state index in [1.807, 2.05) is 0 Å². The van der Waals surface area contributed by atoms with Crippen LogP contribution in [0, 0.1) is 44.8 Å². The van der Waals surface area contributed by atoms with Crippen LogP contribution in [-0.2, 0) is 10.8 Å². The molecular weight excluding hydrogens is 932 g/mol. The van der Waals surface area contributed by atoms with Crippen LogP contribution in [0.15, 0.2) is 148 Å².